The second-order valence-corrected chi connectivity index (χ2v) is 6.49. The summed E-state index contributed by atoms with van der Waals surface area (Å²) in [6.07, 6.45) is 1.34. The molecule has 1 amide bonds. The maximum absolute atomic E-state index is 12.2. The van der Waals surface area contributed by atoms with Crippen LogP contribution in [-0.4, -0.2) is 5.91 Å². The highest BCUT2D eigenvalue weighted by Crippen LogP contribution is 2.29. The number of nitriles is 1. The molecule has 122 valence electrons. The van der Waals surface area contributed by atoms with E-state index in [4.69, 9.17) is 23.2 Å². The van der Waals surface area contributed by atoms with Crippen molar-refractivity contribution in [2.24, 2.45) is 0 Å². The molecule has 2 aromatic carbocycles. The van der Waals surface area contributed by atoms with Crippen molar-refractivity contribution >= 4 is 56.4 Å². The Kier molecular flexibility index (Phi) is 6.27. The number of nitrogens with one attached hydrogen (secondary N) is 2. The number of amides is 1. The molecule has 2 N–H and O–H groups in total. The van der Waals surface area contributed by atoms with Gasteiger partial charge in [-0.3, -0.25) is 4.79 Å². The van der Waals surface area contributed by atoms with E-state index in [-0.39, 0.29) is 10.6 Å². The number of carbonyl (C=O) groups is 1. The van der Waals surface area contributed by atoms with E-state index in [1.165, 1.54) is 6.20 Å². The van der Waals surface area contributed by atoms with Crippen LogP contribution in [0.4, 0.5) is 11.4 Å². The topological polar surface area (TPSA) is 64.9 Å². The van der Waals surface area contributed by atoms with E-state index >= 15 is 0 Å². The number of aryl methyl sites for hydroxylation is 1. The summed E-state index contributed by atoms with van der Waals surface area (Å²) in [7, 11) is 0. The Bertz CT molecular complexity index is 859. The first-order valence-electron chi connectivity index (χ1n) is 6.80. The Balaban J connectivity index is 2.17. The molecular formula is C17H12BrCl2N3O. The highest BCUT2D eigenvalue weighted by molar-refractivity contribution is 9.10. The monoisotopic (exact) mass is 423 g/mol. The third kappa shape index (κ3) is 4.51. The summed E-state index contributed by atoms with van der Waals surface area (Å²) in [6.45, 7) is 1.97. The van der Waals surface area contributed by atoms with Crippen molar-refractivity contribution in [3.8, 4) is 6.07 Å². The second kappa shape index (κ2) is 8.20. The molecule has 0 aliphatic heterocycles. The first-order valence-corrected chi connectivity index (χ1v) is 8.35. The van der Waals surface area contributed by atoms with Gasteiger partial charge in [-0.2, -0.15) is 5.26 Å². The molecular weight excluding hydrogens is 413 g/mol. The van der Waals surface area contributed by atoms with Crippen LogP contribution in [0.5, 0.6) is 0 Å². The minimum atomic E-state index is -0.586. The maximum Gasteiger partial charge on any atom is 0.267 e. The quantitative estimate of drug-likeness (QED) is 0.501. The van der Waals surface area contributed by atoms with Gasteiger partial charge in [0, 0.05) is 10.7 Å². The summed E-state index contributed by atoms with van der Waals surface area (Å²) < 4.78 is 0.828. The molecule has 0 bridgehead atoms. The average Bonchev–Trinajstić information content (AvgIpc) is 2.54. The van der Waals surface area contributed by atoms with Gasteiger partial charge in [-0.15, -0.1) is 0 Å². The van der Waals surface area contributed by atoms with Crippen LogP contribution >= 0.6 is 39.1 Å². The van der Waals surface area contributed by atoms with Gasteiger partial charge in [0.25, 0.3) is 5.91 Å². The number of rotatable bonds is 4. The Hall–Kier alpha value is -2.00. The average molecular weight is 425 g/mol. The second-order valence-electron chi connectivity index (χ2n) is 4.85. The number of benzene rings is 2. The van der Waals surface area contributed by atoms with E-state index < -0.39 is 5.91 Å². The number of hydrogen-bond donors (Lipinski definition) is 2. The Labute approximate surface area is 158 Å². The van der Waals surface area contributed by atoms with E-state index in [1.807, 2.05) is 31.2 Å². The molecule has 0 aromatic heterocycles. The smallest absolute Gasteiger partial charge is 0.267 e. The molecule has 0 radical (unpaired) electrons. The van der Waals surface area contributed by atoms with Gasteiger partial charge in [-0.25, -0.2) is 0 Å². The van der Waals surface area contributed by atoms with Crippen LogP contribution in [0, 0.1) is 18.3 Å². The van der Waals surface area contributed by atoms with Gasteiger partial charge in [0.2, 0.25) is 0 Å². The van der Waals surface area contributed by atoms with Crippen LogP contribution in [0.25, 0.3) is 0 Å². The number of anilines is 2. The molecule has 0 saturated heterocycles. The van der Waals surface area contributed by atoms with Crippen LogP contribution in [-0.2, 0) is 4.79 Å². The molecule has 2 aromatic rings. The summed E-state index contributed by atoms with van der Waals surface area (Å²) in [4.78, 5) is 12.2. The molecule has 24 heavy (non-hydrogen) atoms. The molecule has 0 saturated carbocycles. The third-order valence-corrected chi connectivity index (χ3v) is 4.54. The van der Waals surface area contributed by atoms with Crippen LogP contribution in [0.15, 0.2) is 52.6 Å². The third-order valence-electron chi connectivity index (χ3n) is 3.06. The number of carbonyl (C=O) groups excluding carboxylic acids is 1. The van der Waals surface area contributed by atoms with Gasteiger partial charge in [0.15, 0.2) is 0 Å². The van der Waals surface area contributed by atoms with Gasteiger partial charge in [0.1, 0.15) is 11.6 Å². The van der Waals surface area contributed by atoms with E-state index in [9.17, 15) is 10.1 Å². The summed E-state index contributed by atoms with van der Waals surface area (Å²) in [5.74, 6) is -0.586. The Morgan fingerprint density at radius 2 is 2.00 bits per heavy atom. The first kappa shape index (κ1) is 18.3. The minimum Gasteiger partial charge on any atom is -0.359 e. The molecule has 0 heterocycles. The Morgan fingerprint density at radius 3 is 2.67 bits per heavy atom. The van der Waals surface area contributed by atoms with Crippen LogP contribution in [0.3, 0.4) is 0 Å². The van der Waals surface area contributed by atoms with Gasteiger partial charge in [-0.05, 0) is 52.7 Å². The zero-order chi connectivity index (χ0) is 17.7. The number of nitrogens with zero attached hydrogens (tertiary/aromatic N) is 1. The molecule has 7 heteroatoms. The predicted molar refractivity (Wildman–Crippen MR) is 101 cm³/mol. The van der Waals surface area contributed by atoms with Crippen molar-refractivity contribution in [1.29, 1.82) is 5.26 Å². The summed E-state index contributed by atoms with van der Waals surface area (Å²) in [6, 6.07) is 12.4. The van der Waals surface area contributed by atoms with Gasteiger partial charge < -0.3 is 10.6 Å². The summed E-state index contributed by atoms with van der Waals surface area (Å²) in [5, 5.41) is 15.2. The lowest BCUT2D eigenvalue weighted by Gasteiger charge is -2.08. The standard InChI is InChI=1S/C17H12BrCl2N3O/c1-10-5-6-14(12(18)7-10)22-9-11(8-21)17(24)23-15-4-2-3-13(19)16(15)20/h2-7,9,22H,1H3,(H,23,24)/b11-9-. The van der Waals surface area contributed by atoms with E-state index in [0.29, 0.717) is 10.7 Å². The molecule has 0 fully saturated rings. The van der Waals surface area contributed by atoms with Gasteiger partial charge >= 0.3 is 0 Å². The fourth-order valence-electron chi connectivity index (χ4n) is 1.83. The van der Waals surface area contributed by atoms with E-state index in [0.717, 1.165) is 15.7 Å². The van der Waals surface area contributed by atoms with Gasteiger partial charge in [0.05, 0.1) is 21.4 Å². The van der Waals surface area contributed by atoms with Crippen molar-refractivity contribution in [2.75, 3.05) is 10.6 Å². The minimum absolute atomic E-state index is 0.0986. The van der Waals surface area contributed by atoms with Crippen molar-refractivity contribution < 1.29 is 4.79 Å². The maximum atomic E-state index is 12.2. The predicted octanol–water partition coefficient (Wildman–Crippen LogP) is 5.52. The summed E-state index contributed by atoms with van der Waals surface area (Å²) >= 11 is 15.3. The van der Waals surface area contributed by atoms with Crippen molar-refractivity contribution in [3.05, 3.63) is 68.3 Å². The molecule has 0 aliphatic rings. The molecule has 0 unspecified atom stereocenters. The fraction of sp³-hybridized carbons (Fsp3) is 0.0588. The van der Waals surface area contributed by atoms with E-state index in [2.05, 4.69) is 26.6 Å². The molecule has 0 atom stereocenters. The highest BCUT2D eigenvalue weighted by Gasteiger charge is 2.12. The van der Waals surface area contributed by atoms with Crippen LogP contribution < -0.4 is 10.6 Å². The normalized spacial score (nSPS) is 10.9. The molecule has 0 spiro atoms. The Morgan fingerprint density at radius 1 is 1.25 bits per heavy atom. The SMILES string of the molecule is Cc1ccc(N/C=C(/C#N)C(=O)Nc2cccc(Cl)c2Cl)c(Br)c1. The van der Waals surface area contributed by atoms with Crippen LogP contribution in [0.2, 0.25) is 10.0 Å². The first-order chi connectivity index (χ1) is 11.4. The van der Waals surface area contributed by atoms with Crippen LogP contribution in [0.1, 0.15) is 5.56 Å². The van der Waals surface area contributed by atoms with Gasteiger partial charge in [-0.1, -0.05) is 35.3 Å². The summed E-state index contributed by atoms with van der Waals surface area (Å²) in [5.41, 5.74) is 2.07. The van der Waals surface area contributed by atoms with Crippen molar-refractivity contribution in [2.45, 2.75) is 6.92 Å². The highest BCUT2D eigenvalue weighted by atomic mass is 79.9. The zero-order valence-electron chi connectivity index (χ0n) is 12.5. The van der Waals surface area contributed by atoms with E-state index in [1.54, 1.807) is 18.2 Å². The molecule has 2 rings (SSSR count). The zero-order valence-corrected chi connectivity index (χ0v) is 15.6. The fourth-order valence-corrected chi connectivity index (χ4v) is 2.78. The lowest BCUT2D eigenvalue weighted by atomic mass is 10.2. The lowest BCUT2D eigenvalue weighted by Crippen LogP contribution is -2.15. The lowest BCUT2D eigenvalue weighted by molar-refractivity contribution is -0.112. The number of halogens is 3. The molecule has 4 nitrogen and oxygen atoms in total. The largest absolute Gasteiger partial charge is 0.359 e. The van der Waals surface area contributed by atoms with Crippen molar-refractivity contribution in [1.82, 2.24) is 0 Å². The van der Waals surface area contributed by atoms with Crippen molar-refractivity contribution in [3.63, 3.8) is 0 Å². The number of hydrogen-bond acceptors (Lipinski definition) is 3. The molecule has 0 aliphatic carbocycles.